The fraction of sp³-hybridized carbons (Fsp3) is 0.333. The molecule has 2 N–H and O–H groups in total. The maximum Gasteiger partial charge on any atom is 0.276 e. The molecule has 13 heavy (non-hydrogen) atoms. The van der Waals surface area contributed by atoms with Crippen LogP contribution in [-0.4, -0.2) is 19.8 Å². The lowest BCUT2D eigenvalue weighted by Gasteiger charge is -2.11. The van der Waals surface area contributed by atoms with Crippen LogP contribution in [0.5, 0.6) is 0 Å². The minimum absolute atomic E-state index is 0.306. The van der Waals surface area contributed by atoms with Crippen LogP contribution in [0.15, 0.2) is 15.2 Å². The first-order valence-electron chi connectivity index (χ1n) is 3.36. The highest BCUT2D eigenvalue weighted by molar-refractivity contribution is 9.11. The van der Waals surface area contributed by atoms with Gasteiger partial charge in [0.1, 0.15) is 0 Å². The molecule has 1 heterocycles. The highest BCUT2D eigenvalue weighted by Gasteiger charge is 2.12. The fourth-order valence-electron chi connectivity index (χ4n) is 0.776. The maximum absolute atomic E-state index is 10.8. The predicted molar refractivity (Wildman–Crippen MR) is 56.6 cm³/mol. The van der Waals surface area contributed by atoms with E-state index in [2.05, 4.69) is 15.9 Å². The van der Waals surface area contributed by atoms with Gasteiger partial charge in [0.05, 0.1) is 3.79 Å². The Morgan fingerprint density at radius 2 is 2.31 bits per heavy atom. The first kappa shape index (κ1) is 11.1. The van der Waals surface area contributed by atoms with E-state index in [9.17, 15) is 8.42 Å². The van der Waals surface area contributed by atoms with Gasteiger partial charge in [-0.15, -0.1) is 11.3 Å². The van der Waals surface area contributed by atoms with Gasteiger partial charge >= 0.3 is 0 Å². The molecule has 7 heteroatoms. The summed E-state index contributed by atoms with van der Waals surface area (Å²) in [5.74, 6) is 0. The molecule has 1 rings (SSSR count). The Bertz CT molecular complexity index is 387. The van der Waals surface area contributed by atoms with Crippen molar-refractivity contribution >= 4 is 37.5 Å². The minimum atomic E-state index is -3.57. The summed E-state index contributed by atoms with van der Waals surface area (Å²) in [5.41, 5.74) is 0.924. The van der Waals surface area contributed by atoms with Gasteiger partial charge in [-0.25, -0.2) is 5.14 Å². The van der Waals surface area contributed by atoms with Crippen molar-refractivity contribution in [2.75, 3.05) is 7.05 Å². The summed E-state index contributed by atoms with van der Waals surface area (Å²) in [7, 11) is -2.12. The van der Waals surface area contributed by atoms with Crippen LogP contribution >= 0.6 is 27.3 Å². The smallest absolute Gasteiger partial charge is 0.216 e. The van der Waals surface area contributed by atoms with Crippen LogP contribution < -0.4 is 5.14 Å². The molecular weight excluding hydrogens is 276 g/mol. The van der Waals surface area contributed by atoms with E-state index in [1.54, 1.807) is 0 Å². The summed E-state index contributed by atoms with van der Waals surface area (Å²) in [5, 5.41) is 6.80. The average molecular weight is 285 g/mol. The molecule has 0 aliphatic carbocycles. The molecule has 0 fully saturated rings. The quantitative estimate of drug-likeness (QED) is 0.905. The molecule has 0 aromatic carbocycles. The van der Waals surface area contributed by atoms with Gasteiger partial charge in [-0.05, 0) is 32.9 Å². The van der Waals surface area contributed by atoms with Crippen LogP contribution in [-0.2, 0) is 16.8 Å². The number of nitrogens with zero attached hydrogens (tertiary/aromatic N) is 1. The van der Waals surface area contributed by atoms with Crippen LogP contribution in [0.4, 0.5) is 0 Å². The summed E-state index contributed by atoms with van der Waals surface area (Å²) in [6.07, 6.45) is 0. The first-order valence-corrected chi connectivity index (χ1v) is 6.54. The van der Waals surface area contributed by atoms with E-state index in [-0.39, 0.29) is 0 Å². The van der Waals surface area contributed by atoms with Crippen LogP contribution in [0.25, 0.3) is 0 Å². The SMILES string of the molecule is CN(Cc1csc(Br)c1)S(N)(=O)=O. The first-order chi connectivity index (χ1) is 5.89. The van der Waals surface area contributed by atoms with Gasteiger partial charge in [0.25, 0.3) is 10.2 Å². The lowest BCUT2D eigenvalue weighted by Crippen LogP contribution is -2.32. The van der Waals surface area contributed by atoms with E-state index >= 15 is 0 Å². The van der Waals surface area contributed by atoms with Gasteiger partial charge < -0.3 is 0 Å². The van der Waals surface area contributed by atoms with Crippen molar-refractivity contribution in [1.82, 2.24) is 4.31 Å². The molecule has 1 aromatic heterocycles. The van der Waals surface area contributed by atoms with Crippen LogP contribution in [0.1, 0.15) is 5.56 Å². The minimum Gasteiger partial charge on any atom is -0.216 e. The second kappa shape index (κ2) is 4.05. The molecule has 0 saturated heterocycles. The zero-order valence-corrected chi connectivity index (χ0v) is 10.1. The van der Waals surface area contributed by atoms with Crippen molar-refractivity contribution in [2.24, 2.45) is 5.14 Å². The fourth-order valence-corrected chi connectivity index (χ4v) is 2.31. The molecule has 0 aliphatic rings. The standard InChI is InChI=1S/C6H9BrN2O2S2/c1-9(13(8,10)11)3-5-2-6(7)12-4-5/h2,4H,3H2,1H3,(H2,8,10,11). The third-order valence-electron chi connectivity index (χ3n) is 1.46. The van der Waals surface area contributed by atoms with Crippen molar-refractivity contribution in [3.63, 3.8) is 0 Å². The van der Waals surface area contributed by atoms with Crippen LogP contribution in [0, 0.1) is 0 Å². The number of hydrogen-bond donors (Lipinski definition) is 1. The molecule has 0 amide bonds. The zero-order chi connectivity index (χ0) is 10.1. The lowest BCUT2D eigenvalue weighted by atomic mass is 10.3. The molecule has 0 aliphatic heterocycles. The van der Waals surface area contributed by atoms with Crippen LogP contribution in [0.2, 0.25) is 0 Å². The van der Waals surface area contributed by atoms with E-state index < -0.39 is 10.2 Å². The second-order valence-corrected chi connectivity index (χ2v) is 6.50. The Hall–Kier alpha value is 0.0500. The number of rotatable bonds is 3. The van der Waals surface area contributed by atoms with Crippen molar-refractivity contribution in [3.05, 3.63) is 20.8 Å². The molecule has 1 aromatic rings. The van der Waals surface area contributed by atoms with E-state index in [0.717, 1.165) is 13.7 Å². The summed E-state index contributed by atoms with van der Waals surface area (Å²) in [6.45, 7) is 0.306. The van der Waals surface area contributed by atoms with Gasteiger partial charge in [0, 0.05) is 13.6 Å². The van der Waals surface area contributed by atoms with Crippen molar-refractivity contribution in [3.8, 4) is 0 Å². The van der Waals surface area contributed by atoms with E-state index in [1.807, 2.05) is 11.4 Å². The van der Waals surface area contributed by atoms with Gasteiger partial charge in [0.2, 0.25) is 0 Å². The predicted octanol–water partition coefficient (Wildman–Crippen LogP) is 1.15. The van der Waals surface area contributed by atoms with Crippen molar-refractivity contribution in [2.45, 2.75) is 6.54 Å². The van der Waals surface area contributed by atoms with Crippen molar-refractivity contribution in [1.29, 1.82) is 0 Å². The molecule has 0 radical (unpaired) electrons. The van der Waals surface area contributed by atoms with E-state index in [1.165, 1.54) is 18.4 Å². The molecule has 74 valence electrons. The Morgan fingerprint density at radius 1 is 1.69 bits per heavy atom. The Balaban J connectivity index is 2.71. The summed E-state index contributed by atoms with van der Waals surface area (Å²) in [4.78, 5) is 0. The third kappa shape index (κ3) is 3.35. The topological polar surface area (TPSA) is 63.4 Å². The zero-order valence-electron chi connectivity index (χ0n) is 6.90. The third-order valence-corrected chi connectivity index (χ3v) is 4.01. The Kier molecular flexibility index (Phi) is 3.47. The lowest BCUT2D eigenvalue weighted by molar-refractivity contribution is 0.468. The van der Waals surface area contributed by atoms with Gasteiger partial charge in [-0.1, -0.05) is 0 Å². The summed E-state index contributed by atoms with van der Waals surface area (Å²) in [6, 6.07) is 1.87. The number of halogens is 1. The Labute approximate surface area is 89.7 Å². The Morgan fingerprint density at radius 3 is 2.69 bits per heavy atom. The number of nitrogens with two attached hydrogens (primary N) is 1. The van der Waals surface area contributed by atoms with Gasteiger partial charge in [-0.2, -0.15) is 12.7 Å². The molecule has 0 unspecified atom stereocenters. The molecule has 0 saturated carbocycles. The number of hydrogen-bond acceptors (Lipinski definition) is 3. The van der Waals surface area contributed by atoms with Gasteiger partial charge in [-0.3, -0.25) is 0 Å². The van der Waals surface area contributed by atoms with E-state index in [0.29, 0.717) is 6.54 Å². The largest absolute Gasteiger partial charge is 0.276 e. The second-order valence-electron chi connectivity index (χ2n) is 2.56. The normalized spacial score (nSPS) is 12.3. The number of thiophene rings is 1. The van der Waals surface area contributed by atoms with E-state index in [4.69, 9.17) is 5.14 Å². The maximum atomic E-state index is 10.8. The van der Waals surface area contributed by atoms with Gasteiger partial charge in [0.15, 0.2) is 0 Å². The molecular formula is C6H9BrN2O2S2. The monoisotopic (exact) mass is 284 g/mol. The average Bonchev–Trinajstić information content (AvgIpc) is 2.33. The van der Waals surface area contributed by atoms with Crippen molar-refractivity contribution < 1.29 is 8.42 Å². The summed E-state index contributed by atoms with van der Waals surface area (Å²) < 4.78 is 23.8. The molecule has 0 spiro atoms. The molecule has 4 nitrogen and oxygen atoms in total. The molecule has 0 atom stereocenters. The summed E-state index contributed by atoms with van der Waals surface area (Å²) >= 11 is 4.80. The highest BCUT2D eigenvalue weighted by Crippen LogP contribution is 2.21. The molecule has 0 bridgehead atoms. The van der Waals surface area contributed by atoms with Crippen LogP contribution in [0.3, 0.4) is 0 Å². The highest BCUT2D eigenvalue weighted by atomic mass is 79.9.